The Kier molecular flexibility index (Phi) is 15.0. The second kappa shape index (κ2) is 18.6. The zero-order valence-corrected chi connectivity index (χ0v) is 28.1. The molecule has 21 heteroatoms. The Labute approximate surface area is 277 Å². The molecule has 5 atom stereocenters. The highest BCUT2D eigenvalue weighted by Crippen LogP contribution is 2.55. The predicted molar refractivity (Wildman–Crippen MR) is 170 cm³/mol. The predicted octanol–water partition coefficient (Wildman–Crippen LogP) is 0.249. The summed E-state index contributed by atoms with van der Waals surface area (Å²) in [6.45, 7) is 2.67. The van der Waals surface area contributed by atoms with Crippen LogP contribution < -0.4 is 10.6 Å². The Bertz CT molecular complexity index is 1430. The maximum Gasteiger partial charge on any atom is 0.340 e. The Morgan fingerprint density at radius 1 is 0.958 bits per heavy atom. The molecule has 2 fully saturated rings. The first-order chi connectivity index (χ1) is 23.0. The lowest BCUT2D eigenvalue weighted by atomic mass is 10.1. The average molecular weight is 723 g/mol. The smallest absolute Gasteiger partial charge is 0.340 e. The summed E-state index contributed by atoms with van der Waals surface area (Å²) in [5.41, 5.74) is 0.277. The summed E-state index contributed by atoms with van der Waals surface area (Å²) < 4.78 is 56.7. The first-order valence-corrected chi connectivity index (χ1v) is 19.1. The van der Waals surface area contributed by atoms with Crippen molar-refractivity contribution in [2.75, 3.05) is 82.5 Å². The summed E-state index contributed by atoms with van der Waals surface area (Å²) in [5.74, 6) is 1.75. The second-order valence-corrected chi connectivity index (χ2v) is 15.1. The molecule has 0 aromatic carbocycles. The van der Waals surface area contributed by atoms with E-state index in [-0.39, 0.29) is 24.2 Å². The lowest BCUT2D eigenvalue weighted by molar-refractivity contribution is -0.0541. The molecule has 2 aromatic rings. The van der Waals surface area contributed by atoms with Crippen LogP contribution in [0.3, 0.4) is 0 Å². The fraction of sp³-hybridized carbons (Fsp3) is 0.741. The van der Waals surface area contributed by atoms with E-state index < -0.39 is 52.2 Å². The van der Waals surface area contributed by atoms with Gasteiger partial charge in [0.25, 0.3) is 0 Å². The lowest BCUT2D eigenvalue weighted by Crippen LogP contribution is -2.33. The van der Waals surface area contributed by atoms with Crippen molar-refractivity contribution in [2.45, 2.75) is 56.3 Å². The molecule has 1 aliphatic heterocycles. The minimum Gasteiger partial charge on any atom is -0.387 e. The van der Waals surface area contributed by atoms with E-state index in [9.17, 15) is 24.2 Å². The molecular weight excluding hydrogens is 678 g/mol. The van der Waals surface area contributed by atoms with Crippen molar-refractivity contribution in [3.05, 3.63) is 6.20 Å². The Morgan fingerprint density at radius 2 is 1.60 bits per heavy atom. The van der Waals surface area contributed by atoms with Crippen molar-refractivity contribution >= 4 is 38.0 Å². The van der Waals surface area contributed by atoms with Crippen molar-refractivity contribution in [3.8, 4) is 12.3 Å². The van der Waals surface area contributed by atoms with E-state index in [1.807, 2.05) is 0 Å². The number of terminal acetylenes is 1. The van der Waals surface area contributed by atoms with E-state index >= 15 is 0 Å². The molecule has 1 aliphatic carbocycles. The van der Waals surface area contributed by atoms with Gasteiger partial charge in [0.15, 0.2) is 17.8 Å². The molecule has 48 heavy (non-hydrogen) atoms. The average Bonchev–Trinajstić information content (AvgIpc) is 3.75. The fourth-order valence-electron chi connectivity index (χ4n) is 5.12. The Balaban J connectivity index is 1.33. The van der Waals surface area contributed by atoms with Gasteiger partial charge in [-0.05, 0) is 12.8 Å². The number of fused-ring (bicyclic) bond motifs is 1. The molecule has 7 N–H and O–H groups in total. The Morgan fingerprint density at radius 3 is 2.25 bits per heavy atom. The van der Waals surface area contributed by atoms with Gasteiger partial charge in [0.2, 0.25) is 5.95 Å². The molecule has 0 radical (unpaired) electrons. The van der Waals surface area contributed by atoms with Gasteiger partial charge in [-0.2, -0.15) is 15.1 Å². The standard InChI is InChI=1S/C27H44N6O13P2/c1-2-8-41-10-12-43-14-15-44-13-11-42-9-7-28-27-31-24(30-19-5-3-4-6-19)20-16-29-33(25(20)32-27)26-23(35)22(34)21(46-26)17-45-48(39,40)18-47(36,37)38/h1,16,19,21-23,26,34-35H,3-15,17-18H2,(H,39,40)(H2,36,37,38)(H2,28,30,31,32)/t21-,22-,23-,26-/m1/s1. The van der Waals surface area contributed by atoms with E-state index in [4.69, 9.17) is 44.4 Å². The Hall–Kier alpha value is -2.27. The number of nitrogens with zero attached hydrogens (tertiary/aromatic N) is 4. The van der Waals surface area contributed by atoms with Crippen LogP contribution in [0, 0.1) is 12.3 Å². The number of rotatable bonds is 22. The molecule has 3 heterocycles. The highest BCUT2D eigenvalue weighted by Gasteiger charge is 2.46. The molecule has 1 saturated carbocycles. The van der Waals surface area contributed by atoms with Crippen molar-refractivity contribution in [3.63, 3.8) is 0 Å². The van der Waals surface area contributed by atoms with Gasteiger partial charge >= 0.3 is 15.2 Å². The van der Waals surface area contributed by atoms with Crippen LogP contribution in [0.1, 0.15) is 31.9 Å². The zero-order chi connectivity index (χ0) is 34.6. The van der Waals surface area contributed by atoms with E-state index in [1.54, 1.807) is 0 Å². The highest BCUT2D eigenvalue weighted by atomic mass is 31.2. The summed E-state index contributed by atoms with van der Waals surface area (Å²) in [6, 6.07) is 0.203. The summed E-state index contributed by atoms with van der Waals surface area (Å²) >= 11 is 0. The number of nitrogens with one attached hydrogen (secondary N) is 2. The lowest BCUT2D eigenvalue weighted by Gasteiger charge is -2.18. The molecule has 1 unspecified atom stereocenters. The van der Waals surface area contributed by atoms with Crippen LogP contribution in [-0.4, -0.2) is 141 Å². The maximum atomic E-state index is 12.1. The van der Waals surface area contributed by atoms with E-state index in [2.05, 4.69) is 31.6 Å². The second-order valence-electron chi connectivity index (χ2n) is 11.2. The normalized spacial score (nSPS) is 23.0. The van der Waals surface area contributed by atoms with Gasteiger partial charge in [-0.3, -0.25) is 9.13 Å². The quantitative estimate of drug-likeness (QED) is 0.0488. The molecule has 0 bridgehead atoms. The number of anilines is 2. The highest BCUT2D eigenvalue weighted by molar-refractivity contribution is 7.70. The zero-order valence-electron chi connectivity index (χ0n) is 26.3. The molecule has 270 valence electrons. The molecule has 2 aromatic heterocycles. The summed E-state index contributed by atoms with van der Waals surface area (Å²) in [7, 11) is -9.57. The van der Waals surface area contributed by atoms with Crippen LogP contribution in [0.15, 0.2) is 6.20 Å². The number of aliphatic hydroxyl groups excluding tert-OH is 2. The van der Waals surface area contributed by atoms with Crippen molar-refractivity contribution in [1.82, 2.24) is 19.7 Å². The SMILES string of the molecule is C#CCOCCOCCOCCOCCNc1nc(NC2CCCC2)c2cnn([C@@H]3O[C@H](COP(=O)(O)CP(=O)(O)O)[C@@H](O)[C@H]3O)c2n1. The molecule has 0 spiro atoms. The number of aromatic nitrogens is 4. The van der Waals surface area contributed by atoms with Gasteiger partial charge in [0.05, 0.1) is 64.4 Å². The van der Waals surface area contributed by atoms with Gasteiger partial charge in [0, 0.05) is 12.6 Å². The number of ether oxygens (including phenoxy) is 5. The van der Waals surface area contributed by atoms with Gasteiger partial charge in [-0.1, -0.05) is 18.8 Å². The van der Waals surface area contributed by atoms with Gasteiger partial charge in [-0.25, -0.2) is 4.68 Å². The number of hydrogen-bond donors (Lipinski definition) is 7. The first kappa shape index (κ1) is 38.5. The molecular formula is C27H44N6O13P2. The molecule has 1 saturated heterocycles. The van der Waals surface area contributed by atoms with E-state index in [0.29, 0.717) is 64.0 Å². The monoisotopic (exact) mass is 722 g/mol. The topological polar surface area (TPSA) is 258 Å². The van der Waals surface area contributed by atoms with Crippen LogP contribution in [-0.2, 0) is 37.3 Å². The minimum atomic E-state index is -4.86. The summed E-state index contributed by atoms with van der Waals surface area (Å²) in [5, 5.41) is 32.9. The van der Waals surface area contributed by atoms with Gasteiger partial charge in [0.1, 0.15) is 30.7 Å². The number of hydrogen-bond acceptors (Lipinski definition) is 15. The molecule has 19 nitrogen and oxygen atoms in total. The van der Waals surface area contributed by atoms with Gasteiger partial charge in [-0.15, -0.1) is 6.42 Å². The van der Waals surface area contributed by atoms with Crippen LogP contribution in [0.25, 0.3) is 11.0 Å². The van der Waals surface area contributed by atoms with Crippen LogP contribution in [0.2, 0.25) is 0 Å². The maximum absolute atomic E-state index is 12.1. The third-order valence-electron chi connectivity index (χ3n) is 7.36. The van der Waals surface area contributed by atoms with Crippen LogP contribution >= 0.6 is 15.2 Å². The summed E-state index contributed by atoms with van der Waals surface area (Å²) in [6.07, 6.45) is 5.02. The van der Waals surface area contributed by atoms with Gasteiger partial charge < -0.3 is 63.7 Å². The summed E-state index contributed by atoms with van der Waals surface area (Å²) in [4.78, 5) is 37.1. The third kappa shape index (κ3) is 12.0. The molecule has 0 amide bonds. The largest absolute Gasteiger partial charge is 0.387 e. The molecule has 4 rings (SSSR count). The van der Waals surface area contributed by atoms with E-state index in [1.165, 1.54) is 10.9 Å². The van der Waals surface area contributed by atoms with Crippen LogP contribution in [0.4, 0.5) is 11.8 Å². The van der Waals surface area contributed by atoms with E-state index in [0.717, 1.165) is 25.7 Å². The third-order valence-corrected chi connectivity index (χ3v) is 10.8. The van der Waals surface area contributed by atoms with Crippen molar-refractivity contribution < 1.29 is 62.2 Å². The van der Waals surface area contributed by atoms with Crippen molar-refractivity contribution in [2.24, 2.45) is 0 Å². The first-order valence-electron chi connectivity index (χ1n) is 15.5. The van der Waals surface area contributed by atoms with Crippen LogP contribution in [0.5, 0.6) is 0 Å². The van der Waals surface area contributed by atoms with Crippen molar-refractivity contribution in [1.29, 1.82) is 0 Å². The fourth-order valence-corrected chi connectivity index (χ4v) is 7.69. The minimum absolute atomic E-state index is 0.203. The molecule has 2 aliphatic rings. The number of aliphatic hydroxyl groups is 2.